The van der Waals surface area contributed by atoms with Crippen LogP contribution in [-0.4, -0.2) is 80.0 Å². The normalized spacial score (nSPS) is 17.9. The molecule has 0 spiro atoms. The summed E-state index contributed by atoms with van der Waals surface area (Å²) in [7, 11) is 4.80. The number of benzene rings is 3. The van der Waals surface area contributed by atoms with Crippen LogP contribution in [0.25, 0.3) is 11.1 Å². The highest BCUT2D eigenvalue weighted by Gasteiger charge is 2.31. The molecule has 3 aromatic carbocycles. The summed E-state index contributed by atoms with van der Waals surface area (Å²) in [5.74, 6) is 0.791. The SMILES string of the molecule is COc1ccc(NC(=O)N(C)C[C@@H]2OCc3ccccc3-c3ccccc3C(=O)N([C@@H](C)CO)C[C@@H]2C)c(OC)c1. The van der Waals surface area contributed by atoms with Gasteiger partial charge in [0.15, 0.2) is 0 Å². The molecule has 2 N–H and O–H groups in total. The van der Waals surface area contributed by atoms with Gasteiger partial charge < -0.3 is 34.4 Å². The van der Waals surface area contributed by atoms with Gasteiger partial charge in [-0.05, 0) is 41.8 Å². The van der Waals surface area contributed by atoms with E-state index in [0.29, 0.717) is 35.9 Å². The predicted molar refractivity (Wildman–Crippen MR) is 158 cm³/mol. The molecule has 0 fully saturated rings. The number of ether oxygens (including phenoxy) is 3. The number of urea groups is 1. The maximum absolute atomic E-state index is 13.9. The van der Waals surface area contributed by atoms with Crippen molar-refractivity contribution in [2.24, 2.45) is 5.92 Å². The number of hydrogen-bond donors (Lipinski definition) is 2. The van der Waals surface area contributed by atoms with Gasteiger partial charge in [0.25, 0.3) is 5.91 Å². The van der Waals surface area contributed by atoms with E-state index in [9.17, 15) is 14.7 Å². The maximum atomic E-state index is 13.9. The average Bonchev–Trinajstić information content (AvgIpc) is 3.02. The Morgan fingerprint density at radius 2 is 1.76 bits per heavy atom. The number of nitrogens with one attached hydrogen (secondary N) is 1. The number of hydrogen-bond acceptors (Lipinski definition) is 6. The summed E-state index contributed by atoms with van der Waals surface area (Å²) in [5.41, 5.74) is 3.78. The molecule has 9 heteroatoms. The molecule has 0 unspecified atom stereocenters. The third kappa shape index (κ3) is 6.81. The lowest BCUT2D eigenvalue weighted by Gasteiger charge is -2.35. The van der Waals surface area contributed by atoms with Crippen LogP contribution in [0.2, 0.25) is 0 Å². The zero-order valence-electron chi connectivity index (χ0n) is 24.3. The van der Waals surface area contributed by atoms with E-state index < -0.39 is 12.1 Å². The third-order valence-electron chi connectivity index (χ3n) is 7.55. The topological polar surface area (TPSA) is 101 Å². The number of aliphatic hydroxyl groups excluding tert-OH is 1. The van der Waals surface area contributed by atoms with Crippen LogP contribution >= 0.6 is 0 Å². The summed E-state index contributed by atoms with van der Waals surface area (Å²) in [6.45, 7) is 4.59. The Kier molecular flexibility index (Phi) is 9.86. The molecule has 1 heterocycles. The minimum absolute atomic E-state index is 0.151. The molecule has 0 radical (unpaired) electrons. The minimum Gasteiger partial charge on any atom is -0.497 e. The predicted octanol–water partition coefficient (Wildman–Crippen LogP) is 4.89. The van der Waals surface area contributed by atoms with Crippen molar-refractivity contribution in [1.29, 1.82) is 0 Å². The van der Waals surface area contributed by atoms with Crippen LogP contribution < -0.4 is 14.8 Å². The van der Waals surface area contributed by atoms with E-state index in [-0.39, 0.29) is 31.0 Å². The quantitative estimate of drug-likeness (QED) is 0.426. The molecule has 41 heavy (non-hydrogen) atoms. The van der Waals surface area contributed by atoms with Crippen molar-refractivity contribution in [2.75, 3.05) is 46.3 Å². The largest absolute Gasteiger partial charge is 0.497 e. The Hall–Kier alpha value is -4.08. The van der Waals surface area contributed by atoms with Crippen LogP contribution in [0.15, 0.2) is 66.7 Å². The second-order valence-electron chi connectivity index (χ2n) is 10.4. The molecule has 0 saturated heterocycles. The summed E-state index contributed by atoms with van der Waals surface area (Å²) in [4.78, 5) is 30.5. The zero-order valence-corrected chi connectivity index (χ0v) is 24.3. The monoisotopic (exact) mass is 561 g/mol. The number of nitrogens with zero attached hydrogens (tertiary/aromatic N) is 2. The number of amides is 3. The van der Waals surface area contributed by atoms with E-state index in [2.05, 4.69) is 5.32 Å². The summed E-state index contributed by atoms with van der Waals surface area (Å²) >= 11 is 0. The minimum atomic E-state index is -0.404. The van der Waals surface area contributed by atoms with Crippen molar-refractivity contribution in [3.8, 4) is 22.6 Å². The van der Waals surface area contributed by atoms with Crippen molar-refractivity contribution in [2.45, 2.75) is 32.6 Å². The average molecular weight is 562 g/mol. The fraction of sp³-hybridized carbons (Fsp3) is 0.375. The van der Waals surface area contributed by atoms with Crippen molar-refractivity contribution in [3.63, 3.8) is 0 Å². The Morgan fingerprint density at radius 1 is 1.07 bits per heavy atom. The number of methoxy groups -OCH3 is 2. The van der Waals surface area contributed by atoms with E-state index in [4.69, 9.17) is 14.2 Å². The highest BCUT2D eigenvalue weighted by Crippen LogP contribution is 2.32. The molecule has 1 aliphatic heterocycles. The van der Waals surface area contributed by atoms with Gasteiger partial charge in [0.05, 0.1) is 45.3 Å². The Morgan fingerprint density at radius 3 is 2.44 bits per heavy atom. The first-order chi connectivity index (χ1) is 19.8. The van der Waals surface area contributed by atoms with Gasteiger partial charge in [-0.15, -0.1) is 0 Å². The van der Waals surface area contributed by atoms with E-state index in [0.717, 1.165) is 16.7 Å². The third-order valence-corrected chi connectivity index (χ3v) is 7.55. The second-order valence-corrected chi connectivity index (χ2v) is 10.4. The van der Waals surface area contributed by atoms with Gasteiger partial charge in [-0.3, -0.25) is 4.79 Å². The summed E-state index contributed by atoms with van der Waals surface area (Å²) in [5, 5.41) is 12.9. The van der Waals surface area contributed by atoms with Gasteiger partial charge in [-0.1, -0.05) is 49.4 Å². The van der Waals surface area contributed by atoms with Crippen LogP contribution in [0.3, 0.4) is 0 Å². The number of likely N-dealkylation sites (N-methyl/N-ethyl adjacent to an activating group) is 1. The van der Waals surface area contributed by atoms with Crippen LogP contribution in [0.4, 0.5) is 10.5 Å². The van der Waals surface area contributed by atoms with Gasteiger partial charge in [0, 0.05) is 37.7 Å². The standard InChI is InChI=1S/C32H39N3O6/c1-21-17-35(22(2)19-36)31(37)27-13-9-8-12-26(27)25-11-7-6-10-23(25)20-41-30(21)18-34(3)32(38)33-28-15-14-24(39-4)16-29(28)40-5/h6-16,21-22,30,36H,17-20H2,1-5H3,(H,33,38)/t21-,22-,30-/m0/s1. The zero-order chi connectivity index (χ0) is 29.5. The summed E-state index contributed by atoms with van der Waals surface area (Å²) < 4.78 is 17.2. The highest BCUT2D eigenvalue weighted by molar-refractivity contribution is 6.01. The number of carbonyl (C=O) groups is 2. The molecule has 0 aliphatic carbocycles. The molecule has 1 aliphatic rings. The Labute approximate surface area is 241 Å². The van der Waals surface area contributed by atoms with Crippen molar-refractivity contribution >= 4 is 17.6 Å². The lowest BCUT2D eigenvalue weighted by atomic mass is 9.94. The number of aliphatic hydroxyl groups is 1. The van der Waals surface area contributed by atoms with E-state index in [1.54, 1.807) is 42.2 Å². The lowest BCUT2D eigenvalue weighted by molar-refractivity contribution is -0.0178. The molecular weight excluding hydrogens is 522 g/mol. The maximum Gasteiger partial charge on any atom is 0.321 e. The van der Waals surface area contributed by atoms with Gasteiger partial charge in [0.2, 0.25) is 0 Å². The number of carbonyl (C=O) groups excluding carboxylic acids is 2. The number of anilines is 1. The first kappa shape index (κ1) is 29.9. The highest BCUT2D eigenvalue weighted by atomic mass is 16.5. The molecule has 0 aromatic heterocycles. The van der Waals surface area contributed by atoms with E-state index in [1.807, 2.05) is 62.4 Å². The fourth-order valence-electron chi connectivity index (χ4n) is 5.02. The van der Waals surface area contributed by atoms with E-state index in [1.165, 1.54) is 7.11 Å². The number of fused-ring (bicyclic) bond motifs is 3. The molecule has 0 saturated carbocycles. The molecule has 218 valence electrons. The fourth-order valence-corrected chi connectivity index (χ4v) is 5.02. The first-order valence-corrected chi connectivity index (χ1v) is 13.7. The van der Waals surface area contributed by atoms with Gasteiger partial charge >= 0.3 is 6.03 Å². The molecule has 3 atom stereocenters. The lowest BCUT2D eigenvalue weighted by Crippen LogP contribution is -2.48. The van der Waals surface area contributed by atoms with Crippen LogP contribution in [0.5, 0.6) is 11.5 Å². The summed E-state index contributed by atoms with van der Waals surface area (Å²) in [6, 6.07) is 19.9. The van der Waals surface area contributed by atoms with Crippen LogP contribution in [-0.2, 0) is 11.3 Å². The smallest absolute Gasteiger partial charge is 0.321 e. The molecule has 0 bridgehead atoms. The van der Waals surface area contributed by atoms with Crippen LogP contribution in [0.1, 0.15) is 29.8 Å². The number of rotatable bonds is 7. The van der Waals surface area contributed by atoms with Crippen molar-refractivity contribution in [3.05, 3.63) is 77.9 Å². The van der Waals surface area contributed by atoms with Gasteiger partial charge in [-0.25, -0.2) is 4.79 Å². The van der Waals surface area contributed by atoms with Gasteiger partial charge in [0.1, 0.15) is 11.5 Å². The van der Waals surface area contributed by atoms with E-state index >= 15 is 0 Å². The summed E-state index contributed by atoms with van der Waals surface area (Å²) in [6.07, 6.45) is -0.404. The van der Waals surface area contributed by atoms with Crippen LogP contribution in [0, 0.1) is 5.92 Å². The molecule has 9 nitrogen and oxygen atoms in total. The Balaban J connectivity index is 1.62. The van der Waals surface area contributed by atoms with Crippen molar-refractivity contribution < 1.29 is 28.9 Å². The molecule has 3 amide bonds. The Bertz CT molecular complexity index is 1360. The molecule has 4 rings (SSSR count). The first-order valence-electron chi connectivity index (χ1n) is 13.7. The second kappa shape index (κ2) is 13.5. The molecule has 3 aromatic rings. The van der Waals surface area contributed by atoms with Gasteiger partial charge in [-0.2, -0.15) is 0 Å². The molecular formula is C32H39N3O6. The van der Waals surface area contributed by atoms with Crippen molar-refractivity contribution in [1.82, 2.24) is 9.80 Å².